The summed E-state index contributed by atoms with van der Waals surface area (Å²) in [7, 11) is -3.44. The molecule has 3 atom stereocenters. The zero-order valence-corrected chi connectivity index (χ0v) is 21.1. The molecule has 0 saturated carbocycles. The molecule has 0 saturated heterocycles. The van der Waals surface area contributed by atoms with E-state index >= 15 is 0 Å². The first-order chi connectivity index (χ1) is 15.7. The molecular formula is C21H36N4O8S. The molecule has 0 aromatic rings. The van der Waals surface area contributed by atoms with E-state index in [0.717, 1.165) is 6.26 Å². The molecule has 0 aliphatic carbocycles. The maximum atomic E-state index is 13.0. The molecule has 0 aliphatic heterocycles. The van der Waals surface area contributed by atoms with Crippen molar-refractivity contribution in [3.05, 3.63) is 0 Å². The van der Waals surface area contributed by atoms with Crippen LogP contribution in [0.3, 0.4) is 0 Å². The molecular weight excluding hydrogens is 468 g/mol. The highest BCUT2D eigenvalue weighted by atomic mass is 32.2. The van der Waals surface area contributed by atoms with E-state index in [4.69, 9.17) is 10.1 Å². The molecule has 13 heteroatoms. The van der Waals surface area contributed by atoms with Crippen LogP contribution in [0.15, 0.2) is 0 Å². The number of hydrogen-bond donors (Lipinski definition) is 4. The van der Waals surface area contributed by atoms with Crippen LogP contribution < -0.4 is 16.0 Å². The smallest absolute Gasteiger partial charge is 0.328 e. The van der Waals surface area contributed by atoms with Crippen molar-refractivity contribution in [1.82, 2.24) is 16.0 Å². The minimum absolute atomic E-state index is 0.00563. The third kappa shape index (κ3) is 13.7. The molecule has 3 amide bonds. The number of carbonyl (C=O) groups is 5. The Kier molecular flexibility index (Phi) is 13.9. The van der Waals surface area contributed by atoms with Gasteiger partial charge >= 0.3 is 5.97 Å². The van der Waals surface area contributed by atoms with E-state index in [1.165, 1.54) is 6.92 Å². The highest BCUT2D eigenvalue weighted by Gasteiger charge is 2.30. The van der Waals surface area contributed by atoms with Crippen molar-refractivity contribution >= 4 is 45.5 Å². The fraction of sp³-hybridized carbons (Fsp3) is 0.714. The lowest BCUT2D eigenvalue weighted by Crippen LogP contribution is -2.56. The van der Waals surface area contributed by atoms with E-state index in [1.807, 2.05) is 13.8 Å². The van der Waals surface area contributed by atoms with Crippen LogP contribution in [-0.4, -0.2) is 80.8 Å². The standard InChI is InChI=1S/C21H36N4O8S/c1-6-33-21(30)17(9-10-34(5,31)32)25-19(28)16(8-7-15(27)12-22)24-20(29)18(11-13(2)3)23-14(4)26/h12-13,16-18,22H,6-11H2,1-5H3,(H,23,26)(H,24,29)(H,25,28)/t16-,17?,18-/m0/s1. The molecule has 12 nitrogen and oxygen atoms in total. The highest BCUT2D eigenvalue weighted by Crippen LogP contribution is 2.08. The van der Waals surface area contributed by atoms with Crippen molar-refractivity contribution in [3.8, 4) is 0 Å². The lowest BCUT2D eigenvalue weighted by atomic mass is 10.0. The number of carbonyl (C=O) groups excluding carboxylic acids is 5. The van der Waals surface area contributed by atoms with E-state index in [9.17, 15) is 32.4 Å². The second-order valence-electron chi connectivity index (χ2n) is 8.32. The Balaban J connectivity index is 5.71. The van der Waals surface area contributed by atoms with E-state index in [-0.39, 0.29) is 37.5 Å². The van der Waals surface area contributed by atoms with Gasteiger partial charge in [0, 0.05) is 19.6 Å². The zero-order valence-electron chi connectivity index (χ0n) is 20.3. The number of sulfone groups is 1. The predicted octanol–water partition coefficient (Wildman–Crippen LogP) is -0.497. The first kappa shape index (κ1) is 31.2. The van der Waals surface area contributed by atoms with E-state index in [2.05, 4.69) is 16.0 Å². The third-order valence-electron chi connectivity index (χ3n) is 4.54. The van der Waals surface area contributed by atoms with Gasteiger partial charge in [-0.25, -0.2) is 13.2 Å². The molecule has 34 heavy (non-hydrogen) atoms. The van der Waals surface area contributed by atoms with Crippen LogP contribution >= 0.6 is 0 Å². The van der Waals surface area contributed by atoms with Crippen LogP contribution in [0.1, 0.15) is 53.4 Å². The number of esters is 1. The molecule has 1 unspecified atom stereocenters. The maximum absolute atomic E-state index is 13.0. The van der Waals surface area contributed by atoms with Crippen LogP contribution in [0.5, 0.6) is 0 Å². The average Bonchev–Trinajstić information content (AvgIpc) is 2.71. The topological polar surface area (TPSA) is 189 Å². The second kappa shape index (κ2) is 15.1. The number of nitrogens with one attached hydrogen (secondary N) is 4. The average molecular weight is 505 g/mol. The largest absolute Gasteiger partial charge is 0.464 e. The van der Waals surface area contributed by atoms with Gasteiger partial charge in [0.05, 0.1) is 18.6 Å². The van der Waals surface area contributed by atoms with Gasteiger partial charge < -0.3 is 26.1 Å². The summed E-state index contributed by atoms with van der Waals surface area (Å²) in [5, 5.41) is 14.4. The first-order valence-corrected chi connectivity index (χ1v) is 13.0. The molecule has 0 aromatic carbocycles. The Hall–Kier alpha value is -2.83. The molecule has 0 fully saturated rings. The molecule has 0 aromatic heterocycles. The van der Waals surface area contributed by atoms with Gasteiger partial charge in [0.2, 0.25) is 17.7 Å². The molecule has 0 rings (SSSR count). The second-order valence-corrected chi connectivity index (χ2v) is 10.6. The number of hydrogen-bond acceptors (Lipinski definition) is 9. The summed E-state index contributed by atoms with van der Waals surface area (Å²) < 4.78 is 28.0. The third-order valence-corrected chi connectivity index (χ3v) is 5.52. The van der Waals surface area contributed by atoms with Gasteiger partial charge in [0.1, 0.15) is 28.0 Å². The highest BCUT2D eigenvalue weighted by molar-refractivity contribution is 7.90. The van der Waals surface area contributed by atoms with E-state index in [0.29, 0.717) is 12.6 Å². The first-order valence-electron chi connectivity index (χ1n) is 11.0. The fourth-order valence-corrected chi connectivity index (χ4v) is 3.61. The molecule has 4 N–H and O–H groups in total. The Bertz CT molecular complexity index is 857. The monoisotopic (exact) mass is 504 g/mol. The van der Waals surface area contributed by atoms with Crippen molar-refractivity contribution in [2.75, 3.05) is 18.6 Å². The van der Waals surface area contributed by atoms with Crippen molar-refractivity contribution in [2.45, 2.75) is 71.5 Å². The summed E-state index contributed by atoms with van der Waals surface area (Å²) in [5.41, 5.74) is 0. The summed E-state index contributed by atoms with van der Waals surface area (Å²) >= 11 is 0. The van der Waals surface area contributed by atoms with Crippen molar-refractivity contribution in [3.63, 3.8) is 0 Å². The lowest BCUT2D eigenvalue weighted by Gasteiger charge is -2.25. The summed E-state index contributed by atoms with van der Waals surface area (Å²) in [6.45, 7) is 6.50. The number of ketones is 1. The zero-order chi connectivity index (χ0) is 26.5. The van der Waals surface area contributed by atoms with Crippen LogP contribution in [0.4, 0.5) is 0 Å². The van der Waals surface area contributed by atoms with Crippen LogP contribution in [-0.2, 0) is 38.5 Å². The molecule has 0 spiro atoms. The SMILES string of the molecule is CCOC(=O)C(CCS(C)(=O)=O)NC(=O)[C@H](CCC(=O)C=N)NC(=O)[C@H](CC(C)C)NC(C)=O. The minimum Gasteiger partial charge on any atom is -0.464 e. The Morgan fingerprint density at radius 1 is 0.941 bits per heavy atom. The number of Topliss-reactive ketones (excluding diaryl/α,β-unsaturated/α-hetero) is 1. The quantitative estimate of drug-likeness (QED) is 0.160. The summed E-state index contributed by atoms with van der Waals surface area (Å²) in [4.78, 5) is 61.1. The summed E-state index contributed by atoms with van der Waals surface area (Å²) in [6.07, 6.45) is 1.21. The number of amides is 3. The van der Waals surface area contributed by atoms with Crippen LogP contribution in [0.25, 0.3) is 0 Å². The van der Waals surface area contributed by atoms with Gasteiger partial charge in [-0.3, -0.25) is 19.2 Å². The number of rotatable bonds is 16. The van der Waals surface area contributed by atoms with Crippen LogP contribution in [0.2, 0.25) is 0 Å². The van der Waals surface area contributed by atoms with Crippen molar-refractivity contribution < 1.29 is 37.1 Å². The Labute approximate surface area is 200 Å². The normalized spacial score (nSPS) is 13.8. The molecule has 0 bridgehead atoms. The van der Waals surface area contributed by atoms with Crippen molar-refractivity contribution in [2.24, 2.45) is 5.92 Å². The van der Waals surface area contributed by atoms with Gasteiger partial charge in [-0.2, -0.15) is 0 Å². The Morgan fingerprint density at radius 3 is 1.97 bits per heavy atom. The summed E-state index contributed by atoms with van der Waals surface area (Å²) in [5.74, 6) is -3.69. The van der Waals surface area contributed by atoms with Gasteiger partial charge in [0.15, 0.2) is 5.78 Å². The van der Waals surface area contributed by atoms with Gasteiger partial charge in [-0.05, 0) is 32.1 Å². The van der Waals surface area contributed by atoms with Crippen molar-refractivity contribution in [1.29, 1.82) is 5.41 Å². The molecule has 0 radical (unpaired) electrons. The van der Waals surface area contributed by atoms with Gasteiger partial charge in [-0.15, -0.1) is 0 Å². The molecule has 194 valence electrons. The lowest BCUT2D eigenvalue weighted by molar-refractivity contribution is -0.147. The number of ether oxygens (including phenoxy) is 1. The fourth-order valence-electron chi connectivity index (χ4n) is 2.94. The Morgan fingerprint density at radius 2 is 1.50 bits per heavy atom. The molecule has 0 heterocycles. The summed E-state index contributed by atoms with van der Waals surface area (Å²) in [6, 6.07) is -3.51. The van der Waals surface area contributed by atoms with Gasteiger partial charge in [-0.1, -0.05) is 13.8 Å². The minimum atomic E-state index is -3.44. The maximum Gasteiger partial charge on any atom is 0.328 e. The van der Waals surface area contributed by atoms with Crippen LogP contribution in [0, 0.1) is 11.3 Å². The predicted molar refractivity (Wildman–Crippen MR) is 125 cm³/mol. The van der Waals surface area contributed by atoms with E-state index < -0.39 is 57.4 Å². The molecule has 0 aliphatic rings. The van der Waals surface area contributed by atoms with Gasteiger partial charge in [0.25, 0.3) is 0 Å². The van der Waals surface area contributed by atoms with E-state index in [1.54, 1.807) is 6.92 Å².